The molecule has 0 bridgehead atoms. The van der Waals surface area contributed by atoms with Crippen molar-refractivity contribution >= 4 is 17.6 Å². The highest BCUT2D eigenvalue weighted by molar-refractivity contribution is 5.90. The number of carboxylic acids is 1. The number of nitrogens with one attached hydrogen (secondary N) is 1. The number of hydrogen-bond acceptors (Lipinski definition) is 5. The Labute approximate surface area is 85.1 Å². The minimum atomic E-state index is -1.21. The Kier molecular flexibility index (Phi) is 3.64. The first kappa shape index (κ1) is 11.0. The number of ether oxygens (including phenoxy) is 1. The number of hydrogen-bond donors (Lipinski definition) is 3. The normalized spacial score (nSPS) is 9.40. The molecule has 0 aromatic heterocycles. The Morgan fingerprint density at radius 3 is 2.33 bits per heavy atom. The highest BCUT2D eigenvalue weighted by Crippen LogP contribution is 2.09. The Balaban J connectivity index is 2.62. The Hall–Kier alpha value is -2.08. The average molecular weight is 211 g/mol. The molecule has 0 aliphatic rings. The van der Waals surface area contributed by atoms with Crippen LogP contribution in [0.15, 0.2) is 24.3 Å². The van der Waals surface area contributed by atoms with E-state index in [1.54, 1.807) is 0 Å². The molecule has 0 spiro atoms. The van der Waals surface area contributed by atoms with Crippen LogP contribution >= 0.6 is 0 Å². The first-order valence-electron chi connectivity index (χ1n) is 4.02. The van der Waals surface area contributed by atoms with Crippen LogP contribution in [0.3, 0.4) is 0 Å². The standard InChI is InChI=1S/C9H9NO5/c11-8(12)5-15-9(13)6-1-3-7(10-14)4-2-6/h1-4,10,14H,5H2,(H,11,12). The summed E-state index contributed by atoms with van der Waals surface area (Å²) >= 11 is 0. The Morgan fingerprint density at radius 2 is 1.87 bits per heavy atom. The number of aliphatic carboxylic acids is 1. The summed E-state index contributed by atoms with van der Waals surface area (Å²) in [6, 6.07) is 5.72. The van der Waals surface area contributed by atoms with Gasteiger partial charge in [0.05, 0.1) is 11.3 Å². The highest BCUT2D eigenvalue weighted by atomic mass is 16.5. The zero-order valence-electron chi connectivity index (χ0n) is 7.64. The molecular formula is C9H9NO5. The quantitative estimate of drug-likeness (QED) is 0.502. The van der Waals surface area contributed by atoms with E-state index in [0.717, 1.165) is 0 Å². The van der Waals surface area contributed by atoms with Crippen molar-refractivity contribution in [3.63, 3.8) is 0 Å². The zero-order chi connectivity index (χ0) is 11.3. The summed E-state index contributed by atoms with van der Waals surface area (Å²) in [6.07, 6.45) is 0. The lowest BCUT2D eigenvalue weighted by molar-refractivity contribution is -0.140. The molecule has 1 aromatic rings. The summed E-state index contributed by atoms with van der Waals surface area (Å²) in [7, 11) is 0. The molecule has 0 radical (unpaired) electrons. The number of carbonyl (C=O) groups is 2. The Bertz CT molecular complexity index is 359. The third-order valence-electron chi connectivity index (χ3n) is 1.58. The van der Waals surface area contributed by atoms with E-state index in [1.165, 1.54) is 24.3 Å². The molecule has 15 heavy (non-hydrogen) atoms. The van der Waals surface area contributed by atoms with E-state index in [1.807, 2.05) is 5.48 Å². The van der Waals surface area contributed by atoms with Gasteiger partial charge in [-0.25, -0.2) is 9.59 Å². The van der Waals surface area contributed by atoms with Crippen LogP contribution in [0, 0.1) is 0 Å². The summed E-state index contributed by atoms with van der Waals surface area (Å²) in [5.74, 6) is -1.93. The lowest BCUT2D eigenvalue weighted by Crippen LogP contribution is -2.13. The van der Waals surface area contributed by atoms with Crippen molar-refractivity contribution in [3.05, 3.63) is 29.8 Å². The van der Waals surface area contributed by atoms with Crippen LogP contribution in [-0.2, 0) is 9.53 Å². The second-order valence-electron chi connectivity index (χ2n) is 2.66. The van der Waals surface area contributed by atoms with Crippen molar-refractivity contribution in [3.8, 4) is 0 Å². The number of esters is 1. The molecule has 0 heterocycles. The summed E-state index contributed by atoms with van der Waals surface area (Å²) < 4.78 is 4.44. The van der Waals surface area contributed by atoms with E-state index < -0.39 is 18.5 Å². The van der Waals surface area contributed by atoms with Crippen LogP contribution in [0.4, 0.5) is 5.69 Å². The zero-order valence-corrected chi connectivity index (χ0v) is 7.64. The van der Waals surface area contributed by atoms with Crippen LogP contribution in [0.2, 0.25) is 0 Å². The molecule has 0 atom stereocenters. The molecule has 80 valence electrons. The molecule has 1 rings (SSSR count). The van der Waals surface area contributed by atoms with Crippen molar-refractivity contribution < 1.29 is 24.6 Å². The fourth-order valence-electron chi connectivity index (χ4n) is 0.891. The van der Waals surface area contributed by atoms with Crippen LogP contribution in [0.5, 0.6) is 0 Å². The largest absolute Gasteiger partial charge is 0.479 e. The van der Waals surface area contributed by atoms with E-state index in [0.29, 0.717) is 5.69 Å². The summed E-state index contributed by atoms with van der Waals surface area (Å²) in [5.41, 5.74) is 2.54. The fourth-order valence-corrected chi connectivity index (χ4v) is 0.891. The van der Waals surface area contributed by atoms with Crippen LogP contribution in [0.1, 0.15) is 10.4 Å². The average Bonchev–Trinajstić information content (AvgIpc) is 2.26. The third-order valence-corrected chi connectivity index (χ3v) is 1.58. The molecule has 0 fully saturated rings. The lowest BCUT2D eigenvalue weighted by Gasteiger charge is -2.02. The lowest BCUT2D eigenvalue weighted by atomic mass is 10.2. The predicted molar refractivity (Wildman–Crippen MR) is 49.8 cm³/mol. The van der Waals surface area contributed by atoms with Gasteiger partial charge in [-0.1, -0.05) is 0 Å². The van der Waals surface area contributed by atoms with E-state index in [4.69, 9.17) is 10.3 Å². The molecule has 0 unspecified atom stereocenters. The van der Waals surface area contributed by atoms with E-state index in [-0.39, 0.29) is 5.56 Å². The van der Waals surface area contributed by atoms with E-state index >= 15 is 0 Å². The minimum Gasteiger partial charge on any atom is -0.479 e. The molecular weight excluding hydrogens is 202 g/mol. The van der Waals surface area contributed by atoms with Gasteiger partial charge in [0.2, 0.25) is 0 Å². The topological polar surface area (TPSA) is 95.9 Å². The molecule has 1 aromatic carbocycles. The van der Waals surface area contributed by atoms with Crippen molar-refractivity contribution in [1.29, 1.82) is 0 Å². The van der Waals surface area contributed by atoms with Gasteiger partial charge in [-0.3, -0.25) is 10.7 Å². The van der Waals surface area contributed by atoms with Crippen LogP contribution < -0.4 is 5.48 Å². The van der Waals surface area contributed by atoms with Crippen molar-refractivity contribution in [2.45, 2.75) is 0 Å². The second-order valence-corrected chi connectivity index (χ2v) is 2.66. The van der Waals surface area contributed by atoms with Crippen molar-refractivity contribution in [2.75, 3.05) is 12.1 Å². The molecule has 6 heteroatoms. The number of benzene rings is 1. The molecule has 0 aliphatic heterocycles. The van der Waals surface area contributed by atoms with Gasteiger partial charge < -0.3 is 9.84 Å². The number of carboxylic acid groups (broad SMARTS) is 1. The van der Waals surface area contributed by atoms with Crippen molar-refractivity contribution in [2.24, 2.45) is 0 Å². The number of anilines is 1. The smallest absolute Gasteiger partial charge is 0.341 e. The maximum Gasteiger partial charge on any atom is 0.341 e. The molecule has 0 amide bonds. The van der Waals surface area contributed by atoms with Gasteiger partial charge in [-0.05, 0) is 24.3 Å². The molecule has 0 saturated carbocycles. The van der Waals surface area contributed by atoms with Gasteiger partial charge >= 0.3 is 11.9 Å². The summed E-state index contributed by atoms with van der Waals surface area (Å²) in [5, 5.41) is 16.8. The van der Waals surface area contributed by atoms with E-state index in [9.17, 15) is 9.59 Å². The maximum atomic E-state index is 11.2. The molecule has 0 saturated heterocycles. The third kappa shape index (κ3) is 3.28. The van der Waals surface area contributed by atoms with Crippen LogP contribution in [-0.4, -0.2) is 28.9 Å². The van der Waals surface area contributed by atoms with Gasteiger partial charge in [0, 0.05) is 0 Å². The number of rotatable bonds is 4. The first-order valence-corrected chi connectivity index (χ1v) is 4.02. The second kappa shape index (κ2) is 4.97. The minimum absolute atomic E-state index is 0.218. The molecule has 3 N–H and O–H groups in total. The maximum absolute atomic E-state index is 11.2. The Morgan fingerprint density at radius 1 is 1.27 bits per heavy atom. The van der Waals surface area contributed by atoms with E-state index in [2.05, 4.69) is 4.74 Å². The van der Waals surface area contributed by atoms with Gasteiger partial charge in [0.25, 0.3) is 0 Å². The van der Waals surface area contributed by atoms with Gasteiger partial charge in [-0.2, -0.15) is 0 Å². The van der Waals surface area contributed by atoms with Gasteiger partial charge in [-0.15, -0.1) is 0 Å². The molecule has 0 aliphatic carbocycles. The molecule has 6 nitrogen and oxygen atoms in total. The monoisotopic (exact) mass is 211 g/mol. The van der Waals surface area contributed by atoms with Crippen LogP contribution in [0.25, 0.3) is 0 Å². The number of carbonyl (C=O) groups excluding carboxylic acids is 1. The van der Waals surface area contributed by atoms with Gasteiger partial charge in [0.1, 0.15) is 0 Å². The first-order chi connectivity index (χ1) is 7.13. The highest BCUT2D eigenvalue weighted by Gasteiger charge is 2.08. The summed E-state index contributed by atoms with van der Waals surface area (Å²) in [6.45, 7) is -0.668. The predicted octanol–water partition coefficient (Wildman–Crippen LogP) is 0.729. The van der Waals surface area contributed by atoms with Crippen molar-refractivity contribution in [1.82, 2.24) is 0 Å². The SMILES string of the molecule is O=C(O)COC(=O)c1ccc(NO)cc1. The van der Waals surface area contributed by atoms with Gasteiger partial charge in [0.15, 0.2) is 6.61 Å². The fraction of sp³-hybridized carbons (Fsp3) is 0.111. The summed E-state index contributed by atoms with van der Waals surface area (Å²) in [4.78, 5) is 21.3.